The molecule has 0 amide bonds. The van der Waals surface area contributed by atoms with Crippen molar-refractivity contribution in [2.24, 2.45) is 0 Å². The first-order valence-electron chi connectivity index (χ1n) is 21.6. The Hall–Kier alpha value is -5.76. The van der Waals surface area contributed by atoms with Crippen LogP contribution in [-0.4, -0.2) is 38.1 Å². The predicted octanol–water partition coefficient (Wildman–Crippen LogP) is 10.3. The summed E-state index contributed by atoms with van der Waals surface area (Å²) in [6, 6.07) is 24.1. The van der Waals surface area contributed by atoms with Gasteiger partial charge in [-0.2, -0.15) is 0 Å². The van der Waals surface area contributed by atoms with Gasteiger partial charge >= 0.3 is 11.9 Å². The molecule has 5 aromatic rings. The van der Waals surface area contributed by atoms with Gasteiger partial charge in [0, 0.05) is 70.9 Å². The number of ether oxygens (including phenoxy) is 4. The second kappa shape index (κ2) is 12.9. The first-order chi connectivity index (χ1) is 28.5. The van der Waals surface area contributed by atoms with E-state index >= 15 is 0 Å². The number of fused-ring (bicyclic) bond motifs is 14. The molecule has 0 fully saturated rings. The second-order valence-electron chi connectivity index (χ2n) is 16.1. The summed E-state index contributed by atoms with van der Waals surface area (Å²) in [5, 5.41) is 0. The van der Waals surface area contributed by atoms with Gasteiger partial charge in [-0.3, -0.25) is 0 Å². The lowest BCUT2D eigenvalue weighted by molar-refractivity contribution is 0.0194. The topological polar surface area (TPSA) is 77.5 Å². The molecule has 0 aromatic heterocycles. The molecule has 0 aliphatic carbocycles. The van der Waals surface area contributed by atoms with Crippen LogP contribution in [-0.2, 0) is 46.4 Å². The minimum absolute atomic E-state index is 0.354. The zero-order valence-electron chi connectivity index (χ0n) is 33.8. The molecule has 2 spiro atoms. The van der Waals surface area contributed by atoms with E-state index in [2.05, 4.69) is 21.9 Å². The summed E-state index contributed by atoms with van der Waals surface area (Å²) in [6.07, 6.45) is 7.90. The Labute approximate surface area is 339 Å². The van der Waals surface area contributed by atoms with Gasteiger partial charge in [0.2, 0.25) is 0 Å². The van der Waals surface area contributed by atoms with Crippen LogP contribution in [0.2, 0.25) is 0 Å². The lowest BCUT2D eigenvalue weighted by Crippen LogP contribution is -2.39. The van der Waals surface area contributed by atoms with Gasteiger partial charge in [-0.05, 0) is 98.9 Å². The molecular weight excluding hydrogens is 725 g/mol. The van der Waals surface area contributed by atoms with E-state index in [1.165, 1.54) is 33.6 Å². The van der Waals surface area contributed by atoms with Crippen molar-refractivity contribution in [3.05, 3.63) is 140 Å². The van der Waals surface area contributed by atoms with Crippen LogP contribution in [0.5, 0.6) is 23.0 Å². The quantitative estimate of drug-likeness (QED) is 0.144. The van der Waals surface area contributed by atoms with E-state index in [1.807, 2.05) is 88.4 Å². The first-order valence-corrected chi connectivity index (χ1v) is 21.6. The summed E-state index contributed by atoms with van der Waals surface area (Å²) in [7, 11) is 0. The van der Waals surface area contributed by atoms with Crippen molar-refractivity contribution in [2.75, 3.05) is 36.0 Å². The highest BCUT2D eigenvalue weighted by molar-refractivity contribution is 5.99. The highest BCUT2D eigenvalue weighted by atomic mass is 16.6. The van der Waals surface area contributed by atoms with Crippen molar-refractivity contribution in [1.82, 2.24) is 0 Å². The minimum atomic E-state index is -1.25. The monoisotopic (exact) mass is 772 g/mol. The van der Waals surface area contributed by atoms with E-state index in [0.29, 0.717) is 33.8 Å². The van der Waals surface area contributed by atoms with Gasteiger partial charge < -0.3 is 28.7 Å². The zero-order valence-corrected chi connectivity index (χ0v) is 33.8. The van der Waals surface area contributed by atoms with Gasteiger partial charge in [-0.1, -0.05) is 64.1 Å². The van der Waals surface area contributed by atoms with E-state index < -0.39 is 11.2 Å². The maximum absolute atomic E-state index is 14.0. The van der Waals surface area contributed by atoms with Crippen molar-refractivity contribution >= 4 is 23.3 Å². The fourth-order valence-corrected chi connectivity index (χ4v) is 11.4. The SMILES string of the molecule is CC.CC.O=C1OC2(c3cc4c(cc3Oc3c2cc2c5c3CCCN5CCC2)C2(OC(=O)c3ccccc32)c2cc3c5c(c2O4)CCCN5CCC3)c2ccccc21. The molecule has 5 aromatic carbocycles. The van der Waals surface area contributed by atoms with Gasteiger partial charge in [0.05, 0.1) is 22.3 Å². The highest BCUT2D eigenvalue weighted by Crippen LogP contribution is 2.64. The molecular formula is C50H48N2O6. The Morgan fingerprint density at radius 3 is 1.31 bits per heavy atom. The average Bonchev–Trinajstić information content (AvgIpc) is 3.74. The molecule has 8 nitrogen and oxygen atoms in total. The molecule has 0 radical (unpaired) electrons. The molecule has 2 atom stereocenters. The number of carbonyl (C=O) groups excluding carboxylic acids is 2. The number of esters is 2. The smallest absolute Gasteiger partial charge is 0.340 e. The van der Waals surface area contributed by atoms with Crippen LogP contribution < -0.4 is 19.3 Å². The van der Waals surface area contributed by atoms with Gasteiger partial charge in [0.25, 0.3) is 0 Å². The van der Waals surface area contributed by atoms with Crippen LogP contribution in [0.1, 0.15) is 130 Å². The molecule has 0 saturated carbocycles. The Kier molecular flexibility index (Phi) is 7.86. The van der Waals surface area contributed by atoms with Crippen molar-refractivity contribution in [2.45, 2.75) is 90.3 Å². The molecule has 8 heterocycles. The Morgan fingerprint density at radius 1 is 0.483 bits per heavy atom. The maximum atomic E-state index is 14.0. The highest BCUT2D eigenvalue weighted by Gasteiger charge is 2.59. The van der Waals surface area contributed by atoms with E-state index in [0.717, 1.165) is 111 Å². The maximum Gasteiger partial charge on any atom is 0.340 e. The third-order valence-electron chi connectivity index (χ3n) is 13.5. The molecule has 2 unspecified atom stereocenters. The fourth-order valence-electron chi connectivity index (χ4n) is 11.4. The van der Waals surface area contributed by atoms with Crippen molar-refractivity contribution in [1.29, 1.82) is 0 Å². The summed E-state index contributed by atoms with van der Waals surface area (Å²) < 4.78 is 27.9. The summed E-state index contributed by atoms with van der Waals surface area (Å²) in [5.74, 6) is 1.98. The molecule has 294 valence electrons. The first kappa shape index (κ1) is 35.4. The molecule has 8 aliphatic rings. The van der Waals surface area contributed by atoms with Crippen molar-refractivity contribution in [3.8, 4) is 23.0 Å². The normalized spacial score (nSPS) is 22.7. The van der Waals surface area contributed by atoms with E-state index in [9.17, 15) is 9.59 Å². The zero-order chi connectivity index (χ0) is 39.5. The average molecular weight is 773 g/mol. The van der Waals surface area contributed by atoms with Crippen LogP contribution >= 0.6 is 0 Å². The van der Waals surface area contributed by atoms with Crippen LogP contribution in [0.25, 0.3) is 0 Å². The number of hydrogen-bond acceptors (Lipinski definition) is 8. The van der Waals surface area contributed by atoms with E-state index in [4.69, 9.17) is 18.9 Å². The third kappa shape index (κ3) is 4.41. The molecule has 58 heavy (non-hydrogen) atoms. The number of hydrogen-bond donors (Lipinski definition) is 0. The lowest BCUT2D eigenvalue weighted by Gasteiger charge is -2.45. The summed E-state index contributed by atoms with van der Waals surface area (Å²) in [6.45, 7) is 12.1. The van der Waals surface area contributed by atoms with Crippen LogP contribution in [0.15, 0.2) is 72.8 Å². The predicted molar refractivity (Wildman–Crippen MR) is 223 cm³/mol. The van der Waals surface area contributed by atoms with E-state index in [1.54, 1.807) is 0 Å². The van der Waals surface area contributed by atoms with Gasteiger partial charge in [0.15, 0.2) is 11.2 Å². The van der Waals surface area contributed by atoms with Gasteiger partial charge in [-0.15, -0.1) is 0 Å². The summed E-state index contributed by atoms with van der Waals surface area (Å²) in [5.41, 5.74) is 10.9. The molecule has 0 N–H and O–H groups in total. The van der Waals surface area contributed by atoms with Crippen LogP contribution in [0, 0.1) is 0 Å². The number of nitrogens with zero attached hydrogens (tertiary/aromatic N) is 2. The summed E-state index contributed by atoms with van der Waals surface area (Å²) in [4.78, 5) is 33.0. The van der Waals surface area contributed by atoms with Gasteiger partial charge in [-0.25, -0.2) is 9.59 Å². The molecule has 0 saturated heterocycles. The standard InChI is InChI=1S/C46H36N2O6.2C2H6/c49-43-27-11-1-3-15-31(27)45(53-43)33-23-38-34(24-37(33)51-41-29-13-7-19-47-17-5-9-25(39(29)47)21-35(41)45)46(32-16-4-2-12-28(32)44(50)54-46)36-22-26-10-6-18-48-20-8-14-30(40(26)48)42(36)52-38;2*1-2/h1-4,11-12,15-16,21-24H,5-10,13-14,17-20H2;2*1-2H3. The van der Waals surface area contributed by atoms with Crippen LogP contribution in [0.3, 0.4) is 0 Å². The second-order valence-corrected chi connectivity index (χ2v) is 16.1. The fraction of sp³-hybridized carbons (Fsp3) is 0.360. The minimum Gasteiger partial charge on any atom is -0.456 e. The number of anilines is 2. The Morgan fingerprint density at radius 2 is 0.879 bits per heavy atom. The van der Waals surface area contributed by atoms with Crippen LogP contribution in [0.4, 0.5) is 11.4 Å². The van der Waals surface area contributed by atoms with Crippen molar-refractivity contribution < 1.29 is 28.5 Å². The number of carbonyl (C=O) groups is 2. The van der Waals surface area contributed by atoms with Crippen molar-refractivity contribution in [3.63, 3.8) is 0 Å². The Balaban J connectivity index is 0.000000937. The van der Waals surface area contributed by atoms with Gasteiger partial charge in [0.1, 0.15) is 23.0 Å². The molecule has 8 aliphatic heterocycles. The number of rotatable bonds is 0. The third-order valence-corrected chi connectivity index (χ3v) is 13.5. The molecule has 8 heteroatoms. The Bertz CT molecular complexity index is 2430. The molecule has 13 rings (SSSR count). The van der Waals surface area contributed by atoms with E-state index in [-0.39, 0.29) is 11.9 Å². The lowest BCUT2D eigenvalue weighted by atomic mass is 9.71. The number of aryl methyl sites for hydroxylation is 2. The number of benzene rings is 5. The largest absolute Gasteiger partial charge is 0.456 e. The molecule has 0 bridgehead atoms. The summed E-state index contributed by atoms with van der Waals surface area (Å²) >= 11 is 0.